The van der Waals surface area contributed by atoms with Crippen molar-refractivity contribution in [2.45, 2.75) is 32.9 Å². The van der Waals surface area contributed by atoms with Crippen molar-refractivity contribution >= 4 is 0 Å². The fourth-order valence-corrected chi connectivity index (χ4v) is 3.60. The Kier molecular flexibility index (Phi) is 6.75. The minimum atomic E-state index is 0.148. The van der Waals surface area contributed by atoms with Gasteiger partial charge < -0.3 is 20.0 Å². The smallest absolute Gasteiger partial charge is 0.169 e. The van der Waals surface area contributed by atoms with Crippen molar-refractivity contribution in [2.24, 2.45) is 5.92 Å². The van der Waals surface area contributed by atoms with E-state index in [1.807, 2.05) is 23.1 Å². The van der Waals surface area contributed by atoms with Crippen LogP contribution < -0.4 is 10.6 Å². The molecule has 0 unspecified atom stereocenters. The molecule has 0 atom stereocenters. The van der Waals surface area contributed by atoms with Gasteiger partial charge in [0.15, 0.2) is 5.57 Å². The SMILES string of the molecule is CC1CCN(Cc2ccc(CNCCN3CCNC3=C(C#N)C#N)o2)CC1. The molecule has 0 spiro atoms. The molecule has 1 aromatic rings. The third kappa shape index (κ3) is 5.26. The molecule has 2 aliphatic heterocycles. The number of furan rings is 1. The van der Waals surface area contributed by atoms with E-state index in [-0.39, 0.29) is 5.57 Å². The Morgan fingerprint density at radius 3 is 2.70 bits per heavy atom. The lowest BCUT2D eigenvalue weighted by atomic mass is 9.99. The zero-order valence-corrected chi connectivity index (χ0v) is 16.0. The van der Waals surface area contributed by atoms with Crippen molar-refractivity contribution in [3.8, 4) is 12.1 Å². The summed E-state index contributed by atoms with van der Waals surface area (Å²) in [5.41, 5.74) is 0.148. The molecule has 3 rings (SSSR count). The summed E-state index contributed by atoms with van der Waals surface area (Å²) in [5, 5.41) is 24.6. The van der Waals surface area contributed by atoms with Gasteiger partial charge >= 0.3 is 0 Å². The zero-order chi connectivity index (χ0) is 19.1. The summed E-state index contributed by atoms with van der Waals surface area (Å²) in [6.07, 6.45) is 2.55. The van der Waals surface area contributed by atoms with Crippen LogP contribution in [0.25, 0.3) is 0 Å². The molecule has 2 aliphatic rings. The van der Waals surface area contributed by atoms with Crippen LogP contribution >= 0.6 is 0 Å². The van der Waals surface area contributed by atoms with Gasteiger partial charge in [-0.3, -0.25) is 4.90 Å². The predicted octanol–water partition coefficient (Wildman–Crippen LogP) is 1.77. The summed E-state index contributed by atoms with van der Waals surface area (Å²) in [7, 11) is 0. The highest BCUT2D eigenvalue weighted by Gasteiger charge is 2.20. The highest BCUT2D eigenvalue weighted by molar-refractivity contribution is 5.39. The van der Waals surface area contributed by atoms with Crippen LogP contribution in [0.5, 0.6) is 0 Å². The monoisotopic (exact) mass is 368 g/mol. The Labute approximate surface area is 161 Å². The number of nitrogens with one attached hydrogen (secondary N) is 2. The van der Waals surface area contributed by atoms with Crippen molar-refractivity contribution in [3.05, 3.63) is 35.0 Å². The van der Waals surface area contributed by atoms with Crippen molar-refractivity contribution in [2.75, 3.05) is 39.3 Å². The van der Waals surface area contributed by atoms with E-state index in [0.29, 0.717) is 12.4 Å². The maximum atomic E-state index is 9.03. The van der Waals surface area contributed by atoms with Crippen LogP contribution in [0.15, 0.2) is 27.9 Å². The highest BCUT2D eigenvalue weighted by atomic mass is 16.3. The molecule has 0 aliphatic carbocycles. The maximum Gasteiger partial charge on any atom is 0.169 e. The number of rotatable bonds is 7. The van der Waals surface area contributed by atoms with E-state index in [4.69, 9.17) is 14.9 Å². The molecule has 27 heavy (non-hydrogen) atoms. The molecule has 2 fully saturated rings. The summed E-state index contributed by atoms with van der Waals surface area (Å²) >= 11 is 0. The fourth-order valence-electron chi connectivity index (χ4n) is 3.60. The van der Waals surface area contributed by atoms with Gasteiger partial charge in [-0.1, -0.05) is 6.92 Å². The van der Waals surface area contributed by atoms with Gasteiger partial charge in [-0.25, -0.2) is 0 Å². The second-order valence-electron chi connectivity index (χ2n) is 7.36. The number of allylic oxidation sites excluding steroid dienone is 1. The Bertz CT molecular complexity index is 716. The van der Waals surface area contributed by atoms with Crippen molar-refractivity contribution in [1.82, 2.24) is 20.4 Å². The molecule has 7 nitrogen and oxygen atoms in total. The Hall–Kier alpha value is -2.48. The molecule has 0 radical (unpaired) electrons. The molecule has 0 bridgehead atoms. The minimum Gasteiger partial charge on any atom is -0.463 e. The van der Waals surface area contributed by atoms with E-state index < -0.39 is 0 Å². The van der Waals surface area contributed by atoms with Gasteiger partial charge in [0, 0.05) is 26.2 Å². The number of hydrogen-bond acceptors (Lipinski definition) is 7. The van der Waals surface area contributed by atoms with Gasteiger partial charge in [-0.15, -0.1) is 0 Å². The average molecular weight is 368 g/mol. The van der Waals surface area contributed by atoms with Crippen LogP contribution in [0.4, 0.5) is 0 Å². The van der Waals surface area contributed by atoms with E-state index in [1.54, 1.807) is 0 Å². The van der Waals surface area contributed by atoms with Gasteiger partial charge in [0.2, 0.25) is 0 Å². The molecule has 0 aromatic carbocycles. The predicted molar refractivity (Wildman–Crippen MR) is 102 cm³/mol. The molecule has 2 saturated heterocycles. The molecule has 144 valence electrons. The van der Waals surface area contributed by atoms with Crippen molar-refractivity contribution < 1.29 is 4.42 Å². The Balaban J connectivity index is 1.40. The molecule has 2 N–H and O–H groups in total. The summed E-state index contributed by atoms with van der Waals surface area (Å²) in [5.74, 6) is 3.47. The number of piperidine rings is 1. The first-order valence-electron chi connectivity index (χ1n) is 9.73. The normalized spacial score (nSPS) is 18.2. The van der Waals surface area contributed by atoms with E-state index in [9.17, 15) is 0 Å². The summed E-state index contributed by atoms with van der Waals surface area (Å²) in [6, 6.07) is 8.03. The van der Waals surface area contributed by atoms with Crippen molar-refractivity contribution in [1.29, 1.82) is 10.5 Å². The van der Waals surface area contributed by atoms with Gasteiger partial charge in [-0.2, -0.15) is 10.5 Å². The lowest BCUT2D eigenvalue weighted by molar-refractivity contribution is 0.172. The highest BCUT2D eigenvalue weighted by Crippen LogP contribution is 2.19. The van der Waals surface area contributed by atoms with Gasteiger partial charge in [0.05, 0.1) is 13.1 Å². The number of nitriles is 2. The first-order chi connectivity index (χ1) is 13.2. The van der Waals surface area contributed by atoms with E-state index in [2.05, 4.69) is 28.5 Å². The number of hydrogen-bond donors (Lipinski definition) is 2. The average Bonchev–Trinajstić information content (AvgIpc) is 3.32. The summed E-state index contributed by atoms with van der Waals surface area (Å²) in [4.78, 5) is 4.51. The van der Waals surface area contributed by atoms with Crippen LogP contribution in [-0.2, 0) is 13.1 Å². The zero-order valence-electron chi connectivity index (χ0n) is 16.0. The second kappa shape index (κ2) is 9.45. The standard InChI is InChI=1S/C20H28N6O/c1-16-4-8-25(9-5-16)15-19-3-2-18(27-19)14-23-6-10-26-11-7-24-20(26)17(12-21)13-22/h2-3,16,23-24H,4-11,14-15H2,1H3. The first-order valence-corrected chi connectivity index (χ1v) is 9.73. The summed E-state index contributed by atoms with van der Waals surface area (Å²) in [6.45, 7) is 9.29. The van der Waals surface area contributed by atoms with Gasteiger partial charge in [0.25, 0.3) is 0 Å². The fraction of sp³-hybridized carbons (Fsp3) is 0.600. The lowest BCUT2D eigenvalue weighted by Crippen LogP contribution is -2.32. The van der Waals surface area contributed by atoms with Crippen molar-refractivity contribution in [3.63, 3.8) is 0 Å². The molecule has 7 heteroatoms. The largest absolute Gasteiger partial charge is 0.463 e. The van der Waals surface area contributed by atoms with Crippen LogP contribution in [0.2, 0.25) is 0 Å². The van der Waals surface area contributed by atoms with Gasteiger partial charge in [-0.05, 0) is 44.0 Å². The maximum absolute atomic E-state index is 9.03. The topological polar surface area (TPSA) is 91.3 Å². The summed E-state index contributed by atoms with van der Waals surface area (Å²) < 4.78 is 5.95. The Morgan fingerprint density at radius 1 is 1.22 bits per heavy atom. The van der Waals surface area contributed by atoms with Crippen LogP contribution in [0.1, 0.15) is 31.3 Å². The van der Waals surface area contributed by atoms with E-state index in [1.165, 1.54) is 12.8 Å². The number of nitrogens with zero attached hydrogens (tertiary/aromatic N) is 4. The quantitative estimate of drug-likeness (QED) is 0.560. The van der Waals surface area contributed by atoms with Crippen LogP contribution in [-0.4, -0.2) is 49.1 Å². The van der Waals surface area contributed by atoms with Crippen LogP contribution in [0, 0.1) is 28.6 Å². The molecule has 0 saturated carbocycles. The minimum absolute atomic E-state index is 0.148. The van der Waals surface area contributed by atoms with E-state index in [0.717, 1.165) is 63.3 Å². The van der Waals surface area contributed by atoms with Crippen LogP contribution in [0.3, 0.4) is 0 Å². The third-order valence-electron chi connectivity index (χ3n) is 5.28. The molecule has 0 amide bonds. The molecular weight excluding hydrogens is 340 g/mol. The molecular formula is C20H28N6O. The first kappa shape index (κ1) is 19.3. The van der Waals surface area contributed by atoms with E-state index >= 15 is 0 Å². The molecule has 3 heterocycles. The second-order valence-corrected chi connectivity index (χ2v) is 7.36. The molecule has 1 aromatic heterocycles. The number of likely N-dealkylation sites (tertiary alicyclic amines) is 1. The van der Waals surface area contributed by atoms with Gasteiger partial charge in [0.1, 0.15) is 29.5 Å². The lowest BCUT2D eigenvalue weighted by Gasteiger charge is -2.29. The third-order valence-corrected chi connectivity index (χ3v) is 5.28. The Morgan fingerprint density at radius 2 is 1.96 bits per heavy atom.